The minimum atomic E-state index is -0.0397. The highest BCUT2D eigenvalue weighted by molar-refractivity contribution is 4.83. The van der Waals surface area contributed by atoms with Crippen LogP contribution in [0.2, 0.25) is 0 Å². The summed E-state index contributed by atoms with van der Waals surface area (Å²) in [5, 5.41) is 0. The van der Waals surface area contributed by atoms with Crippen molar-refractivity contribution in [3.63, 3.8) is 0 Å². The van der Waals surface area contributed by atoms with Crippen LogP contribution in [0.5, 0.6) is 0 Å². The van der Waals surface area contributed by atoms with E-state index >= 15 is 0 Å². The molecular formula is C18H36N2O2. The summed E-state index contributed by atoms with van der Waals surface area (Å²) in [5.41, 5.74) is -0.0397. The number of unbranched alkanes of at least 4 members (excludes halogenated alkanes) is 2. The molecule has 0 aromatic heterocycles. The molecule has 2 heterocycles. The lowest BCUT2D eigenvalue weighted by atomic mass is 10.0. The lowest BCUT2D eigenvalue weighted by Crippen LogP contribution is -2.43. The summed E-state index contributed by atoms with van der Waals surface area (Å²) in [6, 6.07) is 0. The van der Waals surface area contributed by atoms with Gasteiger partial charge >= 0.3 is 0 Å². The first-order chi connectivity index (χ1) is 10.7. The van der Waals surface area contributed by atoms with Gasteiger partial charge in [0.15, 0.2) is 0 Å². The van der Waals surface area contributed by atoms with Crippen LogP contribution in [0.25, 0.3) is 0 Å². The van der Waals surface area contributed by atoms with Gasteiger partial charge in [-0.25, -0.2) is 0 Å². The number of hydrogen-bond donors (Lipinski definition) is 0. The number of nitrogens with zero attached hydrogens (tertiary/aromatic N) is 2. The second-order valence-electron chi connectivity index (χ2n) is 6.97. The lowest BCUT2D eigenvalue weighted by molar-refractivity contribution is -0.0776. The molecule has 22 heavy (non-hydrogen) atoms. The third-order valence-corrected chi connectivity index (χ3v) is 5.21. The standard InChI is InChI=1S/C18H36N2O2/c1-4-6-11-19-13-15-21-17(19)9-8-10-18(3)20(12-7-5-2)14-16-22-18/h17H,4-16H2,1-3H3. The zero-order chi connectivity index (χ0) is 15.8. The van der Waals surface area contributed by atoms with Gasteiger partial charge < -0.3 is 9.47 Å². The molecule has 0 aromatic carbocycles. The van der Waals surface area contributed by atoms with Crippen molar-refractivity contribution >= 4 is 0 Å². The maximum absolute atomic E-state index is 6.08. The monoisotopic (exact) mass is 312 g/mol. The molecule has 0 amide bonds. The van der Waals surface area contributed by atoms with Crippen LogP contribution in [0.15, 0.2) is 0 Å². The van der Waals surface area contributed by atoms with Crippen LogP contribution in [0.3, 0.4) is 0 Å². The van der Waals surface area contributed by atoms with E-state index in [-0.39, 0.29) is 5.72 Å². The Kier molecular flexibility index (Phi) is 7.61. The Labute approximate surface area is 137 Å². The third-order valence-electron chi connectivity index (χ3n) is 5.21. The smallest absolute Gasteiger partial charge is 0.119 e. The molecule has 0 N–H and O–H groups in total. The first-order valence-electron chi connectivity index (χ1n) is 9.44. The molecule has 0 spiro atoms. The highest BCUT2D eigenvalue weighted by Crippen LogP contribution is 2.30. The van der Waals surface area contributed by atoms with Crippen LogP contribution in [0.1, 0.15) is 65.7 Å². The summed E-state index contributed by atoms with van der Waals surface area (Å²) in [4.78, 5) is 5.07. The molecule has 130 valence electrons. The molecule has 2 atom stereocenters. The predicted molar refractivity (Wildman–Crippen MR) is 90.9 cm³/mol. The van der Waals surface area contributed by atoms with Crippen LogP contribution in [0, 0.1) is 0 Å². The SMILES string of the molecule is CCCCN1CCOC1CCCC1(C)OCCN1CCCC. The zero-order valence-electron chi connectivity index (χ0n) is 15.0. The van der Waals surface area contributed by atoms with E-state index in [9.17, 15) is 0 Å². The van der Waals surface area contributed by atoms with Crippen molar-refractivity contribution in [1.29, 1.82) is 0 Å². The van der Waals surface area contributed by atoms with Gasteiger partial charge in [-0.2, -0.15) is 0 Å². The van der Waals surface area contributed by atoms with E-state index in [0.717, 1.165) is 39.1 Å². The molecule has 2 rings (SSSR count). The molecule has 2 fully saturated rings. The van der Waals surface area contributed by atoms with Crippen molar-refractivity contribution in [1.82, 2.24) is 9.80 Å². The fourth-order valence-corrected chi connectivity index (χ4v) is 3.67. The molecule has 0 bridgehead atoms. The van der Waals surface area contributed by atoms with Gasteiger partial charge in [-0.3, -0.25) is 9.80 Å². The molecule has 0 aliphatic carbocycles. The number of rotatable bonds is 10. The Bertz CT molecular complexity index is 313. The first-order valence-corrected chi connectivity index (χ1v) is 9.44. The average Bonchev–Trinajstić information content (AvgIpc) is 3.10. The van der Waals surface area contributed by atoms with Crippen molar-refractivity contribution in [2.75, 3.05) is 39.4 Å². The van der Waals surface area contributed by atoms with Crippen molar-refractivity contribution < 1.29 is 9.47 Å². The Hall–Kier alpha value is -0.160. The summed E-state index contributed by atoms with van der Waals surface area (Å²) in [6.07, 6.45) is 8.88. The van der Waals surface area contributed by atoms with Crippen LogP contribution in [-0.2, 0) is 9.47 Å². The summed E-state index contributed by atoms with van der Waals surface area (Å²) in [5.74, 6) is 0. The molecule has 2 aliphatic heterocycles. The largest absolute Gasteiger partial charge is 0.362 e. The topological polar surface area (TPSA) is 24.9 Å². The van der Waals surface area contributed by atoms with E-state index in [1.54, 1.807) is 0 Å². The fourth-order valence-electron chi connectivity index (χ4n) is 3.67. The average molecular weight is 312 g/mol. The van der Waals surface area contributed by atoms with E-state index < -0.39 is 0 Å². The highest BCUT2D eigenvalue weighted by atomic mass is 16.5. The summed E-state index contributed by atoms with van der Waals surface area (Å²) < 4.78 is 12.0. The maximum Gasteiger partial charge on any atom is 0.119 e. The third kappa shape index (κ3) is 4.92. The predicted octanol–water partition coefficient (Wildman–Crippen LogP) is 3.46. The van der Waals surface area contributed by atoms with E-state index in [1.807, 2.05) is 0 Å². The van der Waals surface area contributed by atoms with Gasteiger partial charge in [0.05, 0.1) is 13.2 Å². The maximum atomic E-state index is 6.08. The molecule has 2 unspecified atom stereocenters. The van der Waals surface area contributed by atoms with E-state index in [2.05, 4.69) is 30.6 Å². The van der Waals surface area contributed by atoms with E-state index in [1.165, 1.54) is 45.2 Å². The van der Waals surface area contributed by atoms with Crippen LogP contribution in [-0.4, -0.2) is 61.1 Å². The van der Waals surface area contributed by atoms with Gasteiger partial charge in [-0.1, -0.05) is 26.7 Å². The molecular weight excluding hydrogens is 276 g/mol. The summed E-state index contributed by atoms with van der Waals surface area (Å²) in [7, 11) is 0. The van der Waals surface area contributed by atoms with Gasteiger partial charge in [-0.05, 0) is 39.0 Å². The normalized spacial score (nSPS) is 30.4. The molecule has 0 aromatic rings. The van der Waals surface area contributed by atoms with E-state index in [0.29, 0.717) is 6.23 Å². The van der Waals surface area contributed by atoms with Gasteiger partial charge in [0, 0.05) is 26.2 Å². The van der Waals surface area contributed by atoms with Crippen LogP contribution in [0.4, 0.5) is 0 Å². The number of ether oxygens (including phenoxy) is 2. The molecule has 0 saturated carbocycles. The summed E-state index contributed by atoms with van der Waals surface area (Å²) in [6.45, 7) is 13.2. The Morgan fingerprint density at radius 2 is 1.77 bits per heavy atom. The molecule has 0 radical (unpaired) electrons. The minimum absolute atomic E-state index is 0.0397. The van der Waals surface area contributed by atoms with Crippen LogP contribution >= 0.6 is 0 Å². The highest BCUT2D eigenvalue weighted by Gasteiger charge is 2.37. The van der Waals surface area contributed by atoms with Crippen molar-refractivity contribution in [3.05, 3.63) is 0 Å². The Balaban J connectivity index is 1.72. The Morgan fingerprint density at radius 1 is 1.00 bits per heavy atom. The number of hydrogen-bond acceptors (Lipinski definition) is 4. The van der Waals surface area contributed by atoms with Crippen LogP contribution < -0.4 is 0 Å². The quantitative estimate of drug-likeness (QED) is 0.617. The van der Waals surface area contributed by atoms with Crippen molar-refractivity contribution in [2.24, 2.45) is 0 Å². The molecule has 2 saturated heterocycles. The zero-order valence-corrected chi connectivity index (χ0v) is 15.0. The second-order valence-corrected chi connectivity index (χ2v) is 6.97. The van der Waals surface area contributed by atoms with Gasteiger partial charge in [-0.15, -0.1) is 0 Å². The lowest BCUT2D eigenvalue weighted by Gasteiger charge is -2.34. The fraction of sp³-hybridized carbons (Fsp3) is 1.00. The van der Waals surface area contributed by atoms with Gasteiger partial charge in [0.1, 0.15) is 12.0 Å². The summed E-state index contributed by atoms with van der Waals surface area (Å²) >= 11 is 0. The van der Waals surface area contributed by atoms with Crippen molar-refractivity contribution in [2.45, 2.75) is 77.7 Å². The first kappa shape index (κ1) is 18.2. The van der Waals surface area contributed by atoms with E-state index in [4.69, 9.17) is 9.47 Å². The Morgan fingerprint density at radius 3 is 2.55 bits per heavy atom. The van der Waals surface area contributed by atoms with Crippen molar-refractivity contribution in [3.8, 4) is 0 Å². The molecule has 4 nitrogen and oxygen atoms in total. The minimum Gasteiger partial charge on any atom is -0.362 e. The molecule has 2 aliphatic rings. The molecule has 4 heteroatoms. The van der Waals surface area contributed by atoms with Gasteiger partial charge in [0.25, 0.3) is 0 Å². The second kappa shape index (κ2) is 9.21. The van der Waals surface area contributed by atoms with Gasteiger partial charge in [0.2, 0.25) is 0 Å².